The van der Waals surface area contributed by atoms with Gasteiger partial charge in [-0.2, -0.15) is 11.3 Å². The standard InChI is InChI=1S/C17H18N2O3S/c1-22-15-6-5-13(18-17(21)12-7-9-23-11-12)10-14(15)19-8-3-2-4-16(19)20/h5-7,9-11H,2-4,8H2,1H3,(H,18,21). The summed E-state index contributed by atoms with van der Waals surface area (Å²) in [6, 6.07) is 7.13. The summed E-state index contributed by atoms with van der Waals surface area (Å²) in [5, 5.41) is 6.53. The molecule has 0 saturated carbocycles. The maximum Gasteiger partial charge on any atom is 0.256 e. The molecule has 0 radical (unpaired) electrons. The molecule has 1 aliphatic rings. The largest absolute Gasteiger partial charge is 0.495 e. The molecule has 5 nitrogen and oxygen atoms in total. The number of anilines is 2. The summed E-state index contributed by atoms with van der Waals surface area (Å²) >= 11 is 1.48. The highest BCUT2D eigenvalue weighted by Gasteiger charge is 2.23. The number of piperidine rings is 1. The van der Waals surface area contributed by atoms with Crippen LogP contribution < -0.4 is 15.0 Å². The molecule has 2 amide bonds. The topological polar surface area (TPSA) is 58.6 Å². The molecular formula is C17H18N2O3S. The van der Waals surface area contributed by atoms with Gasteiger partial charge in [-0.05, 0) is 42.5 Å². The lowest BCUT2D eigenvalue weighted by molar-refractivity contribution is -0.119. The van der Waals surface area contributed by atoms with Crippen molar-refractivity contribution in [3.05, 3.63) is 40.6 Å². The molecule has 0 spiro atoms. The molecule has 1 saturated heterocycles. The maximum absolute atomic E-state index is 12.2. The number of carbonyl (C=O) groups is 2. The van der Waals surface area contributed by atoms with E-state index in [-0.39, 0.29) is 11.8 Å². The number of benzene rings is 1. The van der Waals surface area contributed by atoms with Crippen LogP contribution >= 0.6 is 11.3 Å². The van der Waals surface area contributed by atoms with Gasteiger partial charge < -0.3 is 15.0 Å². The SMILES string of the molecule is COc1ccc(NC(=O)c2ccsc2)cc1N1CCCCC1=O. The van der Waals surface area contributed by atoms with Crippen LogP contribution in [0.25, 0.3) is 0 Å². The number of hydrogen-bond acceptors (Lipinski definition) is 4. The van der Waals surface area contributed by atoms with Gasteiger partial charge in [0.2, 0.25) is 5.91 Å². The molecule has 0 bridgehead atoms. The molecule has 1 fully saturated rings. The molecule has 2 aromatic rings. The Balaban J connectivity index is 1.86. The minimum atomic E-state index is -0.160. The first-order valence-corrected chi connectivity index (χ1v) is 8.45. The average Bonchev–Trinajstić information content (AvgIpc) is 3.10. The van der Waals surface area contributed by atoms with Gasteiger partial charge in [-0.25, -0.2) is 0 Å². The number of hydrogen-bond donors (Lipinski definition) is 1. The number of methoxy groups -OCH3 is 1. The molecule has 0 atom stereocenters. The summed E-state index contributed by atoms with van der Waals surface area (Å²) in [5.41, 5.74) is 1.98. The molecule has 1 aliphatic heterocycles. The zero-order valence-corrected chi connectivity index (χ0v) is 13.7. The summed E-state index contributed by atoms with van der Waals surface area (Å²) in [4.78, 5) is 26.1. The van der Waals surface area contributed by atoms with Crippen molar-refractivity contribution in [2.75, 3.05) is 23.9 Å². The van der Waals surface area contributed by atoms with E-state index in [1.807, 2.05) is 5.38 Å². The molecule has 23 heavy (non-hydrogen) atoms. The number of nitrogens with one attached hydrogen (secondary N) is 1. The fraction of sp³-hybridized carbons (Fsp3) is 0.294. The lowest BCUT2D eigenvalue weighted by Gasteiger charge is -2.28. The normalized spacial score (nSPS) is 14.7. The number of carbonyl (C=O) groups excluding carboxylic acids is 2. The van der Waals surface area contributed by atoms with Gasteiger partial charge in [-0.3, -0.25) is 9.59 Å². The van der Waals surface area contributed by atoms with Crippen LogP contribution in [0.4, 0.5) is 11.4 Å². The minimum absolute atomic E-state index is 0.0934. The van der Waals surface area contributed by atoms with Crippen molar-refractivity contribution in [3.8, 4) is 5.75 Å². The van der Waals surface area contributed by atoms with Crippen molar-refractivity contribution in [2.45, 2.75) is 19.3 Å². The van der Waals surface area contributed by atoms with Crippen molar-refractivity contribution >= 4 is 34.5 Å². The zero-order valence-electron chi connectivity index (χ0n) is 12.9. The van der Waals surface area contributed by atoms with E-state index in [1.54, 1.807) is 41.7 Å². The molecule has 3 rings (SSSR count). The van der Waals surface area contributed by atoms with Crippen LogP contribution in [0.2, 0.25) is 0 Å². The summed E-state index contributed by atoms with van der Waals surface area (Å²) in [5.74, 6) is 0.567. The van der Waals surface area contributed by atoms with E-state index in [1.165, 1.54) is 11.3 Å². The zero-order chi connectivity index (χ0) is 16.2. The second-order valence-electron chi connectivity index (χ2n) is 5.36. The van der Waals surface area contributed by atoms with Crippen LogP contribution in [0.3, 0.4) is 0 Å². The molecule has 0 aliphatic carbocycles. The molecule has 1 N–H and O–H groups in total. The smallest absolute Gasteiger partial charge is 0.256 e. The number of amides is 2. The van der Waals surface area contributed by atoms with Crippen LogP contribution in [0.1, 0.15) is 29.6 Å². The Bertz CT molecular complexity index is 713. The quantitative estimate of drug-likeness (QED) is 0.933. The maximum atomic E-state index is 12.2. The Morgan fingerprint density at radius 1 is 1.30 bits per heavy atom. The molecule has 2 heterocycles. The Morgan fingerprint density at radius 3 is 2.87 bits per heavy atom. The predicted octanol–water partition coefficient (Wildman–Crippen LogP) is 3.53. The highest BCUT2D eigenvalue weighted by Crippen LogP contribution is 2.33. The van der Waals surface area contributed by atoms with E-state index >= 15 is 0 Å². The summed E-state index contributed by atoms with van der Waals surface area (Å²) in [7, 11) is 1.58. The van der Waals surface area contributed by atoms with Crippen molar-refractivity contribution in [1.82, 2.24) is 0 Å². The van der Waals surface area contributed by atoms with Crippen molar-refractivity contribution in [2.24, 2.45) is 0 Å². The molecule has 0 unspecified atom stereocenters. The second-order valence-corrected chi connectivity index (χ2v) is 6.14. The van der Waals surface area contributed by atoms with E-state index in [4.69, 9.17) is 4.74 Å². The van der Waals surface area contributed by atoms with Gasteiger partial charge in [0.05, 0.1) is 18.4 Å². The third-order valence-corrected chi connectivity index (χ3v) is 4.52. The average molecular weight is 330 g/mol. The minimum Gasteiger partial charge on any atom is -0.495 e. The molecule has 120 valence electrons. The molecule has 1 aromatic heterocycles. The van der Waals surface area contributed by atoms with Gasteiger partial charge in [-0.15, -0.1) is 0 Å². The fourth-order valence-corrected chi connectivity index (χ4v) is 3.27. The summed E-state index contributed by atoms with van der Waals surface area (Å²) in [6.07, 6.45) is 2.45. The Morgan fingerprint density at radius 2 is 2.17 bits per heavy atom. The van der Waals surface area contributed by atoms with Crippen LogP contribution in [-0.4, -0.2) is 25.5 Å². The first-order valence-electron chi connectivity index (χ1n) is 7.51. The van der Waals surface area contributed by atoms with Crippen LogP contribution in [-0.2, 0) is 4.79 Å². The first-order chi connectivity index (χ1) is 11.2. The number of thiophene rings is 1. The van der Waals surface area contributed by atoms with E-state index in [0.717, 1.165) is 12.8 Å². The van der Waals surface area contributed by atoms with Crippen molar-refractivity contribution in [1.29, 1.82) is 0 Å². The monoisotopic (exact) mass is 330 g/mol. The lowest BCUT2D eigenvalue weighted by Crippen LogP contribution is -2.35. The first kappa shape index (κ1) is 15.6. The van der Waals surface area contributed by atoms with E-state index in [9.17, 15) is 9.59 Å². The predicted molar refractivity (Wildman–Crippen MR) is 91.5 cm³/mol. The van der Waals surface area contributed by atoms with Crippen LogP contribution in [0.5, 0.6) is 5.75 Å². The molecular weight excluding hydrogens is 312 g/mol. The number of rotatable bonds is 4. The Hall–Kier alpha value is -2.34. The molecule has 6 heteroatoms. The second kappa shape index (κ2) is 6.83. The number of ether oxygens (including phenoxy) is 1. The third-order valence-electron chi connectivity index (χ3n) is 3.83. The summed E-state index contributed by atoms with van der Waals surface area (Å²) in [6.45, 7) is 0.678. The molecule has 1 aromatic carbocycles. The van der Waals surface area contributed by atoms with Gasteiger partial charge in [-0.1, -0.05) is 0 Å². The van der Waals surface area contributed by atoms with E-state index in [2.05, 4.69) is 5.32 Å². The third kappa shape index (κ3) is 3.37. The highest BCUT2D eigenvalue weighted by atomic mass is 32.1. The van der Waals surface area contributed by atoms with Gasteiger partial charge in [0.1, 0.15) is 5.75 Å². The fourth-order valence-electron chi connectivity index (χ4n) is 2.64. The Labute approximate surface area is 138 Å². The van der Waals surface area contributed by atoms with E-state index in [0.29, 0.717) is 35.7 Å². The van der Waals surface area contributed by atoms with E-state index < -0.39 is 0 Å². The van der Waals surface area contributed by atoms with Gasteiger partial charge in [0.15, 0.2) is 0 Å². The van der Waals surface area contributed by atoms with Gasteiger partial charge in [0, 0.05) is 24.0 Å². The van der Waals surface area contributed by atoms with Gasteiger partial charge in [0.25, 0.3) is 5.91 Å². The van der Waals surface area contributed by atoms with Crippen LogP contribution in [0, 0.1) is 0 Å². The lowest BCUT2D eigenvalue weighted by atomic mass is 10.1. The number of nitrogens with zero attached hydrogens (tertiary/aromatic N) is 1. The summed E-state index contributed by atoms with van der Waals surface area (Å²) < 4.78 is 5.37. The highest BCUT2D eigenvalue weighted by molar-refractivity contribution is 7.08. The Kier molecular flexibility index (Phi) is 4.62. The van der Waals surface area contributed by atoms with Gasteiger partial charge >= 0.3 is 0 Å². The van der Waals surface area contributed by atoms with Crippen LogP contribution in [0.15, 0.2) is 35.0 Å². The van der Waals surface area contributed by atoms with Crippen molar-refractivity contribution in [3.63, 3.8) is 0 Å². The van der Waals surface area contributed by atoms with Crippen molar-refractivity contribution < 1.29 is 14.3 Å².